The minimum absolute atomic E-state index is 0.00784. The zero-order valence-corrected chi connectivity index (χ0v) is 13.3. The molecule has 0 fully saturated rings. The first-order valence-corrected chi connectivity index (χ1v) is 7.54. The molecule has 0 radical (unpaired) electrons. The topological polar surface area (TPSA) is 50.7 Å². The van der Waals surface area contributed by atoms with Crippen molar-refractivity contribution in [3.05, 3.63) is 70.2 Å². The summed E-state index contributed by atoms with van der Waals surface area (Å²) >= 11 is 6.22. The number of hydrazone groups is 1. The second-order valence-corrected chi connectivity index (χ2v) is 5.58. The number of benzene rings is 2. The van der Waals surface area contributed by atoms with E-state index in [0.717, 1.165) is 27.3 Å². The van der Waals surface area contributed by atoms with E-state index in [1.807, 2.05) is 55.5 Å². The number of carbonyl (C=O) groups excluding carboxylic acids is 1. The second kappa shape index (κ2) is 6.67. The molecule has 0 bridgehead atoms. The minimum Gasteiger partial charge on any atom is -0.466 e. The molecule has 0 unspecified atom stereocenters. The van der Waals surface area contributed by atoms with Gasteiger partial charge in [-0.1, -0.05) is 48.0 Å². The molecule has 2 aromatic rings. The third kappa shape index (κ3) is 3.60. The standard InChI is InChI=1S/C18H15ClN2O2/c1-12(15-4-2-3-5-16(15)19)10-13-6-8-14(9-7-13)18-21-20-17(22)11-23-18/h2-10H,11H2,1H3,(H,20,22)/b12-10-. The highest BCUT2D eigenvalue weighted by atomic mass is 35.5. The smallest absolute Gasteiger partial charge is 0.278 e. The minimum atomic E-state index is -0.247. The molecule has 0 aromatic heterocycles. The number of halogens is 1. The van der Waals surface area contributed by atoms with E-state index < -0.39 is 0 Å². The summed E-state index contributed by atoms with van der Waals surface area (Å²) in [5.41, 5.74) is 6.37. The molecule has 1 N–H and O–H groups in total. The van der Waals surface area contributed by atoms with Crippen molar-refractivity contribution in [2.24, 2.45) is 5.10 Å². The highest BCUT2D eigenvalue weighted by molar-refractivity contribution is 6.32. The van der Waals surface area contributed by atoms with Crippen LogP contribution >= 0.6 is 11.6 Å². The lowest BCUT2D eigenvalue weighted by atomic mass is 10.0. The summed E-state index contributed by atoms with van der Waals surface area (Å²) in [7, 11) is 0. The van der Waals surface area contributed by atoms with Crippen molar-refractivity contribution in [2.75, 3.05) is 6.61 Å². The largest absolute Gasteiger partial charge is 0.466 e. The van der Waals surface area contributed by atoms with Gasteiger partial charge in [0.15, 0.2) is 6.61 Å². The van der Waals surface area contributed by atoms with Gasteiger partial charge in [-0.3, -0.25) is 4.79 Å². The lowest BCUT2D eigenvalue weighted by Gasteiger charge is -2.13. The van der Waals surface area contributed by atoms with Crippen LogP contribution in [-0.4, -0.2) is 18.4 Å². The van der Waals surface area contributed by atoms with Crippen molar-refractivity contribution < 1.29 is 9.53 Å². The molecule has 3 rings (SSSR count). The lowest BCUT2D eigenvalue weighted by Crippen LogP contribution is -2.32. The van der Waals surface area contributed by atoms with E-state index in [1.54, 1.807) is 0 Å². The predicted octanol–water partition coefficient (Wildman–Crippen LogP) is 3.71. The number of ether oxygens (including phenoxy) is 1. The fourth-order valence-corrected chi connectivity index (χ4v) is 2.57. The molecular weight excluding hydrogens is 312 g/mol. The zero-order chi connectivity index (χ0) is 16.2. The Morgan fingerprint density at radius 1 is 1.22 bits per heavy atom. The first kappa shape index (κ1) is 15.3. The second-order valence-electron chi connectivity index (χ2n) is 5.17. The number of hydrogen-bond acceptors (Lipinski definition) is 3. The summed E-state index contributed by atoms with van der Waals surface area (Å²) in [5, 5.41) is 4.63. The monoisotopic (exact) mass is 326 g/mol. The van der Waals surface area contributed by atoms with Gasteiger partial charge in [-0.2, -0.15) is 0 Å². The van der Waals surface area contributed by atoms with E-state index >= 15 is 0 Å². The average molecular weight is 327 g/mol. The molecule has 0 atom stereocenters. The quantitative estimate of drug-likeness (QED) is 0.874. The van der Waals surface area contributed by atoms with Crippen LogP contribution in [0.4, 0.5) is 0 Å². The third-order valence-electron chi connectivity index (χ3n) is 3.46. The molecule has 0 saturated carbocycles. The maximum absolute atomic E-state index is 11.0. The molecule has 116 valence electrons. The molecule has 1 amide bonds. The van der Waals surface area contributed by atoms with Crippen LogP contribution in [0.25, 0.3) is 11.6 Å². The summed E-state index contributed by atoms with van der Waals surface area (Å²) in [6, 6.07) is 15.5. The van der Waals surface area contributed by atoms with Crippen LogP contribution in [0.15, 0.2) is 53.6 Å². The van der Waals surface area contributed by atoms with E-state index in [0.29, 0.717) is 5.90 Å². The summed E-state index contributed by atoms with van der Waals surface area (Å²) < 4.78 is 5.29. The van der Waals surface area contributed by atoms with E-state index in [4.69, 9.17) is 16.3 Å². The normalized spacial score (nSPS) is 14.8. The molecule has 2 aromatic carbocycles. The van der Waals surface area contributed by atoms with Gasteiger partial charge < -0.3 is 4.74 Å². The molecule has 4 nitrogen and oxygen atoms in total. The average Bonchev–Trinajstić information content (AvgIpc) is 2.57. The van der Waals surface area contributed by atoms with Crippen molar-refractivity contribution in [1.29, 1.82) is 0 Å². The van der Waals surface area contributed by atoms with Gasteiger partial charge in [0, 0.05) is 10.6 Å². The number of allylic oxidation sites excluding steroid dienone is 1. The Balaban J connectivity index is 1.81. The van der Waals surface area contributed by atoms with E-state index in [9.17, 15) is 4.79 Å². The Bertz CT molecular complexity index is 795. The van der Waals surface area contributed by atoms with E-state index in [2.05, 4.69) is 16.6 Å². The van der Waals surface area contributed by atoms with Crippen molar-refractivity contribution in [3.8, 4) is 0 Å². The number of amides is 1. The number of nitrogens with zero attached hydrogens (tertiary/aromatic N) is 1. The molecule has 23 heavy (non-hydrogen) atoms. The van der Waals surface area contributed by atoms with Crippen LogP contribution in [0.2, 0.25) is 5.02 Å². The summed E-state index contributed by atoms with van der Waals surface area (Å²) in [6.07, 6.45) is 2.07. The van der Waals surface area contributed by atoms with Gasteiger partial charge in [0.1, 0.15) is 0 Å². The van der Waals surface area contributed by atoms with E-state index in [1.165, 1.54) is 0 Å². The summed E-state index contributed by atoms with van der Waals surface area (Å²) in [4.78, 5) is 11.0. The zero-order valence-electron chi connectivity index (χ0n) is 12.5. The number of rotatable bonds is 3. The van der Waals surface area contributed by atoms with Crippen LogP contribution < -0.4 is 5.43 Å². The van der Waals surface area contributed by atoms with Crippen molar-refractivity contribution >= 4 is 35.1 Å². The fourth-order valence-electron chi connectivity index (χ4n) is 2.29. The highest BCUT2D eigenvalue weighted by Crippen LogP contribution is 2.25. The van der Waals surface area contributed by atoms with Gasteiger partial charge in [-0.25, -0.2) is 5.43 Å². The van der Waals surface area contributed by atoms with Crippen LogP contribution in [-0.2, 0) is 9.53 Å². The summed E-state index contributed by atoms with van der Waals surface area (Å²) in [6.45, 7) is 2.02. The maximum Gasteiger partial charge on any atom is 0.278 e. The van der Waals surface area contributed by atoms with Crippen molar-refractivity contribution in [2.45, 2.75) is 6.92 Å². The number of hydrogen-bond donors (Lipinski definition) is 1. The lowest BCUT2D eigenvalue weighted by molar-refractivity contribution is -0.124. The Kier molecular flexibility index (Phi) is 4.44. The Labute approximate surface area is 139 Å². The molecule has 0 aliphatic carbocycles. The van der Waals surface area contributed by atoms with Crippen LogP contribution in [0.3, 0.4) is 0 Å². The van der Waals surface area contributed by atoms with Crippen LogP contribution in [0, 0.1) is 0 Å². The first-order valence-electron chi connectivity index (χ1n) is 7.16. The van der Waals surface area contributed by atoms with Gasteiger partial charge in [0.25, 0.3) is 5.91 Å². The highest BCUT2D eigenvalue weighted by Gasteiger charge is 2.13. The van der Waals surface area contributed by atoms with Crippen molar-refractivity contribution in [3.63, 3.8) is 0 Å². The molecule has 0 saturated heterocycles. The van der Waals surface area contributed by atoms with Gasteiger partial charge in [-0.15, -0.1) is 5.10 Å². The van der Waals surface area contributed by atoms with Crippen LogP contribution in [0.5, 0.6) is 0 Å². The molecule has 1 aliphatic heterocycles. The van der Waals surface area contributed by atoms with E-state index in [-0.39, 0.29) is 12.5 Å². The molecule has 1 aliphatic rings. The number of nitrogens with one attached hydrogen (secondary N) is 1. The predicted molar refractivity (Wildman–Crippen MR) is 92.1 cm³/mol. The Morgan fingerprint density at radius 3 is 2.61 bits per heavy atom. The Morgan fingerprint density at radius 2 is 1.96 bits per heavy atom. The van der Waals surface area contributed by atoms with Gasteiger partial charge in [0.05, 0.1) is 0 Å². The third-order valence-corrected chi connectivity index (χ3v) is 3.79. The molecule has 0 spiro atoms. The van der Waals surface area contributed by atoms with Crippen molar-refractivity contribution in [1.82, 2.24) is 5.43 Å². The number of carbonyl (C=O) groups is 1. The molecular formula is C18H15ClN2O2. The van der Waals surface area contributed by atoms with Gasteiger partial charge in [-0.05, 0) is 41.8 Å². The SMILES string of the molecule is C/C(=C/c1ccc(C2=NNC(=O)CO2)cc1)c1ccccc1Cl. The van der Waals surface area contributed by atoms with Gasteiger partial charge in [0.2, 0.25) is 5.90 Å². The van der Waals surface area contributed by atoms with Crippen LogP contribution in [0.1, 0.15) is 23.6 Å². The maximum atomic E-state index is 11.0. The first-order chi connectivity index (χ1) is 11.1. The summed E-state index contributed by atoms with van der Waals surface area (Å²) in [5.74, 6) is 0.173. The fraction of sp³-hybridized carbons (Fsp3) is 0.111. The Hall–Kier alpha value is -2.59. The van der Waals surface area contributed by atoms with Gasteiger partial charge >= 0.3 is 0 Å². The molecule has 5 heteroatoms. The molecule has 1 heterocycles.